The van der Waals surface area contributed by atoms with Gasteiger partial charge < -0.3 is 49.1 Å². The zero-order valence-electron chi connectivity index (χ0n) is 34.7. The minimum Gasteiger partial charge on any atom is -0.459 e. The van der Waals surface area contributed by atoms with Gasteiger partial charge in [0.05, 0.1) is 35.6 Å². The van der Waals surface area contributed by atoms with Crippen LogP contribution >= 0.6 is 0 Å². The first-order valence-electron chi connectivity index (χ1n) is 20.1. The van der Waals surface area contributed by atoms with Crippen LogP contribution in [-0.4, -0.2) is 106 Å². The van der Waals surface area contributed by atoms with Gasteiger partial charge in [0.25, 0.3) is 5.91 Å². The van der Waals surface area contributed by atoms with Gasteiger partial charge in [0.15, 0.2) is 17.8 Å². The summed E-state index contributed by atoms with van der Waals surface area (Å²) < 4.78 is 36.7. The SMILES string of the molecule is CC(=O)O[C@@H]1/C(=C(\C)COC(=O)[C@H](O)[C@@H](NC(=O)c2ccccc2)c2ccccc2)C(C)(C)[C@@H]2O[C@@]1(O)[C@@]1(C)[C@H]([C@@H]2OC(=O)c2ccccc2)[C@]2(OC(C)=O)CO[C@@H]2C[C@@H]1O. The van der Waals surface area contributed by atoms with E-state index in [1.807, 2.05) is 0 Å². The fraction of sp³-hybridized carbons (Fsp3) is 0.457. The Hall–Kier alpha value is -5.45. The van der Waals surface area contributed by atoms with Crippen LogP contribution in [0.2, 0.25) is 0 Å². The van der Waals surface area contributed by atoms with Crippen LogP contribution < -0.4 is 5.32 Å². The minimum atomic E-state index is -2.58. The molecule has 61 heavy (non-hydrogen) atoms. The average molecular weight is 842 g/mol. The van der Waals surface area contributed by atoms with Crippen molar-refractivity contribution in [3.05, 3.63) is 119 Å². The van der Waals surface area contributed by atoms with Crippen LogP contribution in [-0.2, 0) is 42.8 Å². The molecule has 0 aromatic heterocycles. The van der Waals surface area contributed by atoms with E-state index in [1.165, 1.54) is 13.8 Å². The molecule has 1 aliphatic carbocycles. The smallest absolute Gasteiger partial charge is 0.338 e. The maximum absolute atomic E-state index is 14.0. The van der Waals surface area contributed by atoms with E-state index < -0.39 is 107 Å². The zero-order chi connectivity index (χ0) is 44.1. The molecule has 15 heteroatoms. The van der Waals surface area contributed by atoms with E-state index in [4.69, 9.17) is 28.4 Å². The second-order valence-electron chi connectivity index (χ2n) is 17.0. The quantitative estimate of drug-likeness (QED) is 0.123. The molecule has 3 heterocycles. The molecule has 0 spiro atoms. The number of carbonyl (C=O) groups excluding carboxylic acids is 5. The second kappa shape index (κ2) is 16.4. The third-order valence-corrected chi connectivity index (χ3v) is 12.9. The van der Waals surface area contributed by atoms with E-state index in [0.717, 1.165) is 6.92 Å². The molecule has 2 bridgehead atoms. The Morgan fingerprint density at radius 2 is 1.43 bits per heavy atom. The third-order valence-electron chi connectivity index (χ3n) is 12.9. The molecule has 3 aromatic rings. The number of ether oxygens (including phenoxy) is 6. The van der Waals surface area contributed by atoms with Gasteiger partial charge in [-0.3, -0.25) is 14.4 Å². The molecule has 4 fully saturated rings. The summed E-state index contributed by atoms with van der Waals surface area (Å²) in [4.78, 5) is 66.9. The lowest BCUT2D eigenvalue weighted by molar-refractivity contribution is -0.460. The first-order valence-corrected chi connectivity index (χ1v) is 20.1. The largest absolute Gasteiger partial charge is 0.459 e. The second-order valence-corrected chi connectivity index (χ2v) is 17.0. The highest BCUT2D eigenvalue weighted by Crippen LogP contribution is 2.68. The molecule has 1 amide bonds. The van der Waals surface area contributed by atoms with Gasteiger partial charge in [-0.2, -0.15) is 0 Å². The molecular formula is C46H51NO14. The normalized spacial score (nSPS) is 32.5. The fourth-order valence-electron chi connectivity index (χ4n) is 10.0. The molecule has 1 saturated carbocycles. The molecule has 3 saturated heterocycles. The lowest BCUT2D eigenvalue weighted by Gasteiger charge is -2.72. The number of hydrogen-bond donors (Lipinski definition) is 4. The number of rotatable bonds is 11. The number of carbonyl (C=O) groups is 5. The molecular weight excluding hydrogens is 790 g/mol. The van der Waals surface area contributed by atoms with Crippen molar-refractivity contribution >= 4 is 29.8 Å². The van der Waals surface area contributed by atoms with Gasteiger partial charge in [-0.05, 0) is 47.9 Å². The standard InChI is InChI=1S/C46H51NO14/c1-25(23-56-42(54)35(51)34(28-16-10-7-11-17-28)47-40(52)29-18-12-8-13-19-29)33-38(58-26(2)48)46(55)44(6)31(50)22-32-45(24-57-32,60-27(3)49)37(44)36(39(61-46)43(33,4)5)59-41(53)30-20-14-9-15-21-30/h7-21,31-32,34-39,50-51,55H,22-24H2,1-6H3,(H,47,52)/b33-25-/t31-,32+,34-,35+,36-,37-,38+,39+,44+,45-,46+/m0/s1. The number of aliphatic hydroxyl groups excluding tert-OH is 2. The summed E-state index contributed by atoms with van der Waals surface area (Å²) in [5.74, 6) is -7.65. The van der Waals surface area contributed by atoms with Gasteiger partial charge in [-0.15, -0.1) is 0 Å². The summed E-state index contributed by atoms with van der Waals surface area (Å²) in [6, 6.07) is 23.7. The fourth-order valence-corrected chi connectivity index (χ4v) is 10.0. The Labute approximate surface area is 352 Å². The van der Waals surface area contributed by atoms with E-state index >= 15 is 0 Å². The highest BCUT2D eigenvalue weighted by molar-refractivity contribution is 5.95. The molecule has 15 nitrogen and oxygen atoms in total. The molecule has 0 radical (unpaired) electrons. The Morgan fingerprint density at radius 1 is 0.836 bits per heavy atom. The number of benzene rings is 3. The minimum absolute atomic E-state index is 0.136. The molecule has 7 rings (SSSR count). The van der Waals surface area contributed by atoms with Crippen molar-refractivity contribution in [1.29, 1.82) is 0 Å². The van der Waals surface area contributed by atoms with Crippen LogP contribution in [0, 0.1) is 16.7 Å². The van der Waals surface area contributed by atoms with Crippen LogP contribution in [0.3, 0.4) is 0 Å². The van der Waals surface area contributed by atoms with Gasteiger partial charge in [0, 0.05) is 31.2 Å². The molecule has 3 aliphatic heterocycles. The van der Waals surface area contributed by atoms with Gasteiger partial charge in [0.1, 0.15) is 24.9 Å². The summed E-state index contributed by atoms with van der Waals surface area (Å²) in [7, 11) is 0. The van der Waals surface area contributed by atoms with Crippen LogP contribution in [0.1, 0.15) is 80.3 Å². The van der Waals surface area contributed by atoms with Crippen molar-refractivity contribution in [2.24, 2.45) is 16.7 Å². The zero-order valence-corrected chi connectivity index (χ0v) is 34.7. The van der Waals surface area contributed by atoms with E-state index in [-0.39, 0.29) is 29.7 Å². The van der Waals surface area contributed by atoms with Crippen molar-refractivity contribution < 1.29 is 67.7 Å². The molecule has 11 atom stereocenters. The van der Waals surface area contributed by atoms with Gasteiger partial charge in [0.2, 0.25) is 5.79 Å². The number of esters is 4. The number of fused-ring (bicyclic) bond motifs is 6. The first-order chi connectivity index (χ1) is 28.9. The maximum Gasteiger partial charge on any atom is 0.338 e. The topological polar surface area (TPSA) is 213 Å². The number of nitrogens with one attached hydrogen (secondary N) is 1. The lowest BCUT2D eigenvalue weighted by atomic mass is 9.45. The summed E-state index contributed by atoms with van der Waals surface area (Å²) in [6.07, 6.45) is -8.61. The average Bonchev–Trinajstić information content (AvgIpc) is 3.23. The predicted octanol–water partition coefficient (Wildman–Crippen LogP) is 3.75. The molecule has 4 aliphatic rings. The number of aliphatic hydroxyl groups is 3. The summed E-state index contributed by atoms with van der Waals surface area (Å²) in [5, 5.41) is 39.5. The summed E-state index contributed by atoms with van der Waals surface area (Å²) in [6.45, 7) is 8.22. The van der Waals surface area contributed by atoms with Crippen LogP contribution in [0.25, 0.3) is 0 Å². The lowest BCUT2D eigenvalue weighted by Crippen LogP contribution is -2.87. The third kappa shape index (κ3) is 7.41. The predicted molar refractivity (Wildman–Crippen MR) is 214 cm³/mol. The van der Waals surface area contributed by atoms with Crippen molar-refractivity contribution in [3.63, 3.8) is 0 Å². The molecule has 0 unspecified atom stereocenters. The highest BCUT2D eigenvalue weighted by atomic mass is 16.7. The van der Waals surface area contributed by atoms with Crippen LogP contribution in [0.4, 0.5) is 0 Å². The van der Waals surface area contributed by atoms with Gasteiger partial charge in [-0.25, -0.2) is 9.59 Å². The van der Waals surface area contributed by atoms with E-state index in [1.54, 1.807) is 112 Å². The van der Waals surface area contributed by atoms with E-state index in [0.29, 0.717) is 11.1 Å². The Kier molecular flexibility index (Phi) is 11.8. The van der Waals surface area contributed by atoms with Crippen LogP contribution in [0.5, 0.6) is 0 Å². The highest BCUT2D eigenvalue weighted by Gasteiger charge is 2.83. The summed E-state index contributed by atoms with van der Waals surface area (Å²) >= 11 is 0. The summed E-state index contributed by atoms with van der Waals surface area (Å²) in [5.41, 5.74) is -3.32. The Bertz CT molecular complexity index is 2200. The van der Waals surface area contributed by atoms with Crippen molar-refractivity contribution in [3.8, 4) is 0 Å². The number of hydrogen-bond acceptors (Lipinski definition) is 14. The van der Waals surface area contributed by atoms with Gasteiger partial charge in [-0.1, -0.05) is 87.5 Å². The van der Waals surface area contributed by atoms with Crippen molar-refractivity contribution in [1.82, 2.24) is 5.32 Å². The first kappa shape index (κ1) is 43.6. The Balaban J connectivity index is 1.29. The van der Waals surface area contributed by atoms with Crippen molar-refractivity contribution in [2.75, 3.05) is 13.2 Å². The molecule has 4 N–H and O–H groups in total. The molecule has 324 valence electrons. The van der Waals surface area contributed by atoms with Gasteiger partial charge >= 0.3 is 23.9 Å². The monoisotopic (exact) mass is 841 g/mol. The van der Waals surface area contributed by atoms with E-state index in [2.05, 4.69) is 5.32 Å². The maximum atomic E-state index is 14.0. The Morgan fingerprint density at radius 3 is 1.98 bits per heavy atom. The molecule has 3 aromatic carbocycles. The van der Waals surface area contributed by atoms with Crippen molar-refractivity contribution in [2.45, 2.75) is 102 Å². The van der Waals surface area contributed by atoms with E-state index in [9.17, 15) is 39.3 Å². The van der Waals surface area contributed by atoms with Crippen LogP contribution in [0.15, 0.2) is 102 Å². The number of amides is 1.